The Morgan fingerprint density at radius 1 is 1.45 bits per heavy atom. The lowest BCUT2D eigenvalue weighted by Gasteiger charge is -2.05. The van der Waals surface area contributed by atoms with Gasteiger partial charge in [0.1, 0.15) is 4.60 Å². The fourth-order valence-corrected chi connectivity index (χ4v) is 1.17. The van der Waals surface area contributed by atoms with Crippen molar-refractivity contribution in [1.82, 2.24) is 10.2 Å². The second-order valence-corrected chi connectivity index (χ2v) is 3.47. The molecule has 0 saturated carbocycles. The first-order valence-corrected chi connectivity index (χ1v) is 4.19. The van der Waals surface area contributed by atoms with Crippen LogP contribution in [-0.4, -0.2) is 10.2 Å². The van der Waals surface area contributed by atoms with E-state index in [-0.39, 0.29) is 0 Å². The number of nitrogen functional groups attached to an aromatic ring is 1. The molecule has 0 radical (unpaired) electrons. The number of aromatic nitrogens is 2. The Balaban J connectivity index is 3.09. The highest BCUT2D eigenvalue weighted by atomic mass is 79.9. The van der Waals surface area contributed by atoms with Gasteiger partial charge >= 0.3 is 0 Å². The number of nitrogens with two attached hydrogens (primary N) is 1. The van der Waals surface area contributed by atoms with Crippen LogP contribution >= 0.6 is 15.9 Å². The first-order chi connectivity index (χ1) is 5.11. The highest BCUT2D eigenvalue weighted by molar-refractivity contribution is 9.10. The smallest absolute Gasteiger partial charge is 0.130 e. The normalized spacial score (nSPS) is 10.5. The molecule has 0 unspecified atom stereocenters. The minimum Gasteiger partial charge on any atom is -0.397 e. The lowest BCUT2D eigenvalue weighted by atomic mass is 10.1. The van der Waals surface area contributed by atoms with Crippen LogP contribution in [0.5, 0.6) is 0 Å². The van der Waals surface area contributed by atoms with Crippen LogP contribution in [0.3, 0.4) is 0 Å². The van der Waals surface area contributed by atoms with Crippen LogP contribution in [0.1, 0.15) is 25.5 Å². The van der Waals surface area contributed by atoms with Gasteiger partial charge in [-0.15, -0.1) is 5.10 Å². The van der Waals surface area contributed by atoms with Gasteiger partial charge in [-0.1, -0.05) is 13.8 Å². The molecule has 1 heterocycles. The zero-order chi connectivity index (χ0) is 8.43. The molecule has 4 heteroatoms. The van der Waals surface area contributed by atoms with Crippen LogP contribution in [0.25, 0.3) is 0 Å². The summed E-state index contributed by atoms with van der Waals surface area (Å²) in [5.41, 5.74) is 7.24. The molecule has 1 aromatic heterocycles. The molecular weight excluding hydrogens is 206 g/mol. The van der Waals surface area contributed by atoms with Crippen LogP contribution < -0.4 is 5.73 Å². The fourth-order valence-electron chi connectivity index (χ4n) is 0.839. The van der Waals surface area contributed by atoms with E-state index in [0.29, 0.717) is 16.2 Å². The van der Waals surface area contributed by atoms with Crippen LogP contribution in [0.2, 0.25) is 0 Å². The molecule has 0 amide bonds. The predicted molar refractivity (Wildman–Crippen MR) is 48.2 cm³/mol. The van der Waals surface area contributed by atoms with E-state index < -0.39 is 0 Å². The third-order valence-electron chi connectivity index (χ3n) is 1.37. The molecule has 0 aliphatic rings. The molecule has 0 saturated heterocycles. The van der Waals surface area contributed by atoms with Gasteiger partial charge in [0.05, 0.1) is 11.4 Å². The maximum absolute atomic E-state index is 5.69. The number of nitrogens with zero attached hydrogens (tertiary/aromatic N) is 2. The van der Waals surface area contributed by atoms with Crippen molar-refractivity contribution in [2.75, 3.05) is 5.73 Å². The van der Waals surface area contributed by atoms with Crippen molar-refractivity contribution >= 4 is 21.6 Å². The number of anilines is 1. The van der Waals surface area contributed by atoms with Crippen molar-refractivity contribution < 1.29 is 0 Å². The quantitative estimate of drug-likeness (QED) is 0.780. The first kappa shape index (κ1) is 8.46. The van der Waals surface area contributed by atoms with Crippen molar-refractivity contribution in [3.05, 3.63) is 16.4 Å². The van der Waals surface area contributed by atoms with Gasteiger partial charge in [0.2, 0.25) is 0 Å². The number of hydrogen-bond donors (Lipinski definition) is 1. The molecule has 0 aromatic carbocycles. The molecule has 0 bridgehead atoms. The number of halogens is 1. The predicted octanol–water partition coefficient (Wildman–Crippen LogP) is 1.94. The Hall–Kier alpha value is -0.640. The molecule has 0 fully saturated rings. The summed E-state index contributed by atoms with van der Waals surface area (Å²) in [5.74, 6) is 0.329. The van der Waals surface area contributed by atoms with Crippen molar-refractivity contribution in [2.24, 2.45) is 0 Å². The Morgan fingerprint density at radius 3 is 2.55 bits per heavy atom. The van der Waals surface area contributed by atoms with Crippen molar-refractivity contribution in [2.45, 2.75) is 19.8 Å². The summed E-state index contributed by atoms with van der Waals surface area (Å²) in [7, 11) is 0. The lowest BCUT2D eigenvalue weighted by Crippen LogP contribution is -2.01. The Kier molecular flexibility index (Phi) is 2.44. The molecule has 0 spiro atoms. The van der Waals surface area contributed by atoms with E-state index >= 15 is 0 Å². The van der Waals surface area contributed by atoms with Crippen LogP contribution in [0.15, 0.2) is 10.7 Å². The number of rotatable bonds is 1. The largest absolute Gasteiger partial charge is 0.397 e. The van der Waals surface area contributed by atoms with E-state index in [9.17, 15) is 0 Å². The molecule has 11 heavy (non-hydrogen) atoms. The van der Waals surface area contributed by atoms with Gasteiger partial charge < -0.3 is 5.73 Å². The number of hydrogen-bond acceptors (Lipinski definition) is 3. The summed E-state index contributed by atoms with van der Waals surface area (Å²) in [6.07, 6.45) is 0. The van der Waals surface area contributed by atoms with E-state index in [0.717, 1.165) is 5.69 Å². The summed E-state index contributed by atoms with van der Waals surface area (Å²) in [4.78, 5) is 0. The monoisotopic (exact) mass is 215 g/mol. The molecule has 1 aromatic rings. The second kappa shape index (κ2) is 3.17. The molecule has 3 nitrogen and oxygen atoms in total. The van der Waals surface area contributed by atoms with Gasteiger partial charge in [-0.2, -0.15) is 5.10 Å². The fraction of sp³-hybridized carbons (Fsp3) is 0.429. The van der Waals surface area contributed by atoms with E-state index in [2.05, 4.69) is 26.1 Å². The first-order valence-electron chi connectivity index (χ1n) is 3.40. The van der Waals surface area contributed by atoms with Gasteiger partial charge in [-0.05, 0) is 27.9 Å². The van der Waals surface area contributed by atoms with Crippen LogP contribution in [-0.2, 0) is 0 Å². The van der Waals surface area contributed by atoms with Crippen molar-refractivity contribution in [3.8, 4) is 0 Å². The SMILES string of the molecule is CC(C)c1nnc(Br)cc1N. The van der Waals surface area contributed by atoms with Gasteiger partial charge in [0.25, 0.3) is 0 Å². The Morgan fingerprint density at radius 2 is 2.09 bits per heavy atom. The Labute approximate surface area is 74.1 Å². The molecule has 0 aliphatic carbocycles. The van der Waals surface area contributed by atoms with E-state index in [1.54, 1.807) is 6.07 Å². The van der Waals surface area contributed by atoms with Gasteiger partial charge in [0, 0.05) is 0 Å². The zero-order valence-electron chi connectivity index (χ0n) is 6.50. The third kappa shape index (κ3) is 1.89. The van der Waals surface area contributed by atoms with E-state index in [1.807, 2.05) is 13.8 Å². The third-order valence-corrected chi connectivity index (χ3v) is 1.76. The molecule has 1 rings (SSSR count). The molecule has 2 N–H and O–H groups in total. The maximum Gasteiger partial charge on any atom is 0.130 e. The average Bonchev–Trinajstić information content (AvgIpc) is 1.85. The van der Waals surface area contributed by atoms with Crippen LogP contribution in [0.4, 0.5) is 5.69 Å². The molecular formula is C7H10BrN3. The van der Waals surface area contributed by atoms with Gasteiger partial charge in [0.15, 0.2) is 0 Å². The van der Waals surface area contributed by atoms with Crippen LogP contribution in [0, 0.1) is 0 Å². The summed E-state index contributed by atoms with van der Waals surface area (Å²) >= 11 is 3.19. The molecule has 60 valence electrons. The lowest BCUT2D eigenvalue weighted by molar-refractivity contribution is 0.785. The summed E-state index contributed by atoms with van der Waals surface area (Å²) in [5, 5.41) is 7.80. The maximum atomic E-state index is 5.69. The highest BCUT2D eigenvalue weighted by Gasteiger charge is 2.06. The topological polar surface area (TPSA) is 51.8 Å². The minimum atomic E-state index is 0.329. The summed E-state index contributed by atoms with van der Waals surface area (Å²) < 4.78 is 0.680. The Bertz CT molecular complexity index is 260. The minimum absolute atomic E-state index is 0.329. The average molecular weight is 216 g/mol. The molecule has 0 aliphatic heterocycles. The highest BCUT2D eigenvalue weighted by Crippen LogP contribution is 2.19. The second-order valence-electron chi connectivity index (χ2n) is 2.66. The van der Waals surface area contributed by atoms with Crippen molar-refractivity contribution in [3.63, 3.8) is 0 Å². The van der Waals surface area contributed by atoms with Crippen molar-refractivity contribution in [1.29, 1.82) is 0 Å². The standard InChI is InChI=1S/C7H10BrN3/c1-4(2)7-5(9)3-6(8)10-11-7/h3-4H,1-2H3,(H2,9,10). The van der Waals surface area contributed by atoms with Gasteiger partial charge in [-0.3, -0.25) is 0 Å². The van der Waals surface area contributed by atoms with E-state index in [4.69, 9.17) is 5.73 Å². The molecule has 0 atom stereocenters. The summed E-state index contributed by atoms with van der Waals surface area (Å²) in [6, 6.07) is 1.77. The summed E-state index contributed by atoms with van der Waals surface area (Å²) in [6.45, 7) is 4.07. The van der Waals surface area contributed by atoms with E-state index in [1.165, 1.54) is 0 Å². The van der Waals surface area contributed by atoms with Gasteiger partial charge in [-0.25, -0.2) is 0 Å². The zero-order valence-corrected chi connectivity index (χ0v) is 8.09.